The van der Waals surface area contributed by atoms with Crippen molar-refractivity contribution >= 4 is 29.7 Å². The van der Waals surface area contributed by atoms with Crippen LogP contribution in [0.15, 0.2) is 64.1 Å². The highest BCUT2D eigenvalue weighted by molar-refractivity contribution is 6.39. The number of hydrogen-bond acceptors (Lipinski definition) is 9. The highest BCUT2D eigenvalue weighted by atomic mass is 16.5. The van der Waals surface area contributed by atoms with Gasteiger partial charge >= 0.3 is 17.8 Å². The predicted molar refractivity (Wildman–Crippen MR) is 134 cm³/mol. The molecule has 194 valence electrons. The Labute approximate surface area is 213 Å². The van der Waals surface area contributed by atoms with Crippen LogP contribution >= 0.6 is 0 Å². The van der Waals surface area contributed by atoms with Crippen molar-refractivity contribution in [2.75, 3.05) is 25.6 Å². The Morgan fingerprint density at radius 1 is 0.892 bits per heavy atom. The topological polar surface area (TPSA) is 138 Å². The smallest absolute Gasteiger partial charge is 0.373 e. The predicted octanol–water partition coefficient (Wildman–Crippen LogP) is 3.53. The van der Waals surface area contributed by atoms with Crippen molar-refractivity contribution < 1.29 is 37.7 Å². The molecule has 0 unspecified atom stereocenters. The van der Waals surface area contributed by atoms with Crippen molar-refractivity contribution in [2.24, 2.45) is 5.10 Å². The quantitative estimate of drug-likeness (QED) is 0.173. The maximum atomic E-state index is 12.1. The summed E-state index contributed by atoms with van der Waals surface area (Å²) < 4.78 is 26.7. The molecule has 0 aliphatic carbocycles. The van der Waals surface area contributed by atoms with Gasteiger partial charge in [0.2, 0.25) is 5.76 Å². The van der Waals surface area contributed by atoms with E-state index >= 15 is 0 Å². The van der Waals surface area contributed by atoms with Gasteiger partial charge in [-0.25, -0.2) is 10.2 Å². The van der Waals surface area contributed by atoms with Gasteiger partial charge in [0.1, 0.15) is 18.1 Å². The minimum Gasteiger partial charge on any atom is -0.494 e. The number of anilines is 1. The summed E-state index contributed by atoms with van der Waals surface area (Å²) in [5, 5.41) is 6.32. The summed E-state index contributed by atoms with van der Waals surface area (Å²) in [5.74, 6) is -0.336. The summed E-state index contributed by atoms with van der Waals surface area (Å²) in [5.41, 5.74) is 3.22. The first-order chi connectivity index (χ1) is 17.9. The molecule has 0 aliphatic rings. The molecule has 11 heteroatoms. The van der Waals surface area contributed by atoms with Gasteiger partial charge in [-0.05, 0) is 74.0 Å². The molecule has 2 amide bonds. The lowest BCUT2D eigenvalue weighted by atomic mass is 10.2. The fourth-order valence-electron chi connectivity index (χ4n) is 3.01. The van der Waals surface area contributed by atoms with Gasteiger partial charge in [0.15, 0.2) is 11.5 Å². The van der Waals surface area contributed by atoms with Crippen LogP contribution in [-0.2, 0) is 20.9 Å². The lowest BCUT2D eigenvalue weighted by molar-refractivity contribution is -0.136. The number of esters is 1. The van der Waals surface area contributed by atoms with Gasteiger partial charge in [0.25, 0.3) is 0 Å². The first-order valence-electron chi connectivity index (χ1n) is 11.4. The monoisotopic (exact) mass is 509 g/mol. The fourth-order valence-corrected chi connectivity index (χ4v) is 3.01. The first kappa shape index (κ1) is 26.8. The van der Waals surface area contributed by atoms with E-state index in [1.54, 1.807) is 48.5 Å². The van der Waals surface area contributed by atoms with Crippen LogP contribution in [0.5, 0.6) is 17.2 Å². The van der Waals surface area contributed by atoms with Crippen molar-refractivity contribution in [1.29, 1.82) is 0 Å². The third-order valence-electron chi connectivity index (χ3n) is 4.69. The summed E-state index contributed by atoms with van der Waals surface area (Å²) in [7, 11) is 1.27. The third kappa shape index (κ3) is 7.85. The van der Waals surface area contributed by atoms with Crippen LogP contribution in [0.2, 0.25) is 0 Å². The number of carbonyl (C=O) groups excluding carboxylic acids is 3. The highest BCUT2D eigenvalue weighted by Crippen LogP contribution is 2.29. The number of carbonyl (C=O) groups is 3. The molecule has 0 bridgehead atoms. The normalized spacial score (nSPS) is 10.6. The van der Waals surface area contributed by atoms with Gasteiger partial charge in [0.05, 0.1) is 26.5 Å². The van der Waals surface area contributed by atoms with Gasteiger partial charge < -0.3 is 28.7 Å². The van der Waals surface area contributed by atoms with E-state index in [4.69, 9.17) is 18.6 Å². The van der Waals surface area contributed by atoms with Crippen molar-refractivity contribution in [3.05, 3.63) is 71.7 Å². The van der Waals surface area contributed by atoms with Crippen LogP contribution in [-0.4, -0.2) is 44.3 Å². The summed E-state index contributed by atoms with van der Waals surface area (Å²) in [6.07, 6.45) is 1.36. The van der Waals surface area contributed by atoms with E-state index in [-0.39, 0.29) is 12.4 Å². The Bertz CT molecular complexity index is 1250. The van der Waals surface area contributed by atoms with Gasteiger partial charge in [-0.2, -0.15) is 5.10 Å². The SMILES string of the molecule is CCOc1ccc(NC(=O)C(=O)N/N=C/c2ccc(OCc3ccc(C(=O)OC)o3)c(OCC)c2)cc1. The van der Waals surface area contributed by atoms with Gasteiger partial charge in [0, 0.05) is 5.69 Å². The molecule has 0 atom stereocenters. The third-order valence-corrected chi connectivity index (χ3v) is 4.69. The van der Waals surface area contributed by atoms with E-state index in [1.165, 1.54) is 19.4 Å². The molecule has 11 nitrogen and oxygen atoms in total. The summed E-state index contributed by atoms with van der Waals surface area (Å²) in [6.45, 7) is 4.66. The van der Waals surface area contributed by atoms with Gasteiger partial charge in [-0.3, -0.25) is 9.59 Å². The van der Waals surface area contributed by atoms with Crippen LogP contribution in [0.3, 0.4) is 0 Å². The van der Waals surface area contributed by atoms with E-state index in [1.807, 2.05) is 13.8 Å². The number of ether oxygens (including phenoxy) is 4. The zero-order valence-corrected chi connectivity index (χ0v) is 20.6. The molecule has 0 aliphatic heterocycles. The number of rotatable bonds is 11. The molecule has 3 aromatic rings. The molecular formula is C26H27N3O8. The molecule has 1 heterocycles. The molecule has 0 fully saturated rings. The highest BCUT2D eigenvalue weighted by Gasteiger charge is 2.14. The molecule has 0 spiro atoms. The van der Waals surface area contributed by atoms with Crippen LogP contribution in [0.25, 0.3) is 0 Å². The van der Waals surface area contributed by atoms with Crippen molar-refractivity contribution in [1.82, 2.24) is 5.43 Å². The second-order valence-corrected chi connectivity index (χ2v) is 7.30. The zero-order valence-electron chi connectivity index (χ0n) is 20.6. The van der Waals surface area contributed by atoms with E-state index in [0.29, 0.717) is 47.5 Å². The number of nitrogens with one attached hydrogen (secondary N) is 2. The number of nitrogens with zero attached hydrogens (tertiary/aromatic N) is 1. The number of methoxy groups -OCH3 is 1. The van der Waals surface area contributed by atoms with Crippen LogP contribution in [0.1, 0.15) is 35.7 Å². The van der Waals surface area contributed by atoms with E-state index in [2.05, 4.69) is 20.6 Å². The summed E-state index contributed by atoms with van der Waals surface area (Å²) in [6, 6.07) is 14.8. The van der Waals surface area contributed by atoms with E-state index in [9.17, 15) is 14.4 Å². The molecular weight excluding hydrogens is 482 g/mol. The standard InChI is InChI=1S/C26H27N3O8/c1-4-34-19-9-7-18(8-10-19)28-24(30)25(31)29-27-15-17-6-12-21(23(14-17)35-5-2)36-16-20-11-13-22(37-20)26(32)33-3/h6-15H,4-5,16H2,1-3H3,(H,28,30)(H,29,31)/b27-15+. The molecule has 0 saturated carbocycles. The van der Waals surface area contributed by atoms with Gasteiger partial charge in [-0.15, -0.1) is 0 Å². The van der Waals surface area contributed by atoms with Crippen molar-refractivity contribution in [3.8, 4) is 17.2 Å². The first-order valence-corrected chi connectivity index (χ1v) is 11.4. The van der Waals surface area contributed by atoms with Gasteiger partial charge in [-0.1, -0.05) is 0 Å². The molecule has 1 aromatic heterocycles. The average Bonchev–Trinajstić information content (AvgIpc) is 3.38. The van der Waals surface area contributed by atoms with Crippen LogP contribution in [0.4, 0.5) is 5.69 Å². The molecule has 3 rings (SSSR count). The molecule has 0 saturated heterocycles. The number of amides is 2. The summed E-state index contributed by atoms with van der Waals surface area (Å²) in [4.78, 5) is 35.7. The Morgan fingerprint density at radius 2 is 1.65 bits per heavy atom. The summed E-state index contributed by atoms with van der Waals surface area (Å²) >= 11 is 0. The minimum atomic E-state index is -0.931. The second kappa shape index (κ2) is 13.3. The molecule has 2 aromatic carbocycles. The lowest BCUT2D eigenvalue weighted by Gasteiger charge is -2.11. The van der Waals surface area contributed by atoms with Crippen LogP contribution in [0, 0.1) is 0 Å². The van der Waals surface area contributed by atoms with Crippen molar-refractivity contribution in [2.45, 2.75) is 20.5 Å². The number of hydrazone groups is 1. The number of benzene rings is 2. The second-order valence-electron chi connectivity index (χ2n) is 7.30. The lowest BCUT2D eigenvalue weighted by Crippen LogP contribution is -2.32. The largest absolute Gasteiger partial charge is 0.494 e. The fraction of sp³-hybridized carbons (Fsp3) is 0.231. The molecule has 2 N–H and O–H groups in total. The van der Waals surface area contributed by atoms with Crippen LogP contribution < -0.4 is 25.0 Å². The van der Waals surface area contributed by atoms with E-state index < -0.39 is 17.8 Å². The Hall–Kier alpha value is -4.80. The van der Waals surface area contributed by atoms with E-state index in [0.717, 1.165) is 0 Å². The van der Waals surface area contributed by atoms with Crippen molar-refractivity contribution in [3.63, 3.8) is 0 Å². The molecule has 37 heavy (non-hydrogen) atoms. The number of furan rings is 1. The Morgan fingerprint density at radius 3 is 2.35 bits per heavy atom. The maximum Gasteiger partial charge on any atom is 0.373 e. The Kier molecular flexibility index (Phi) is 9.66. The maximum absolute atomic E-state index is 12.1. The number of hydrogen-bond donors (Lipinski definition) is 2. The zero-order chi connectivity index (χ0) is 26.6. The Balaban J connectivity index is 1.56. The average molecular weight is 510 g/mol. The molecule has 0 radical (unpaired) electrons. The minimum absolute atomic E-state index is 0.0596.